The first-order chi connectivity index (χ1) is 7.99. The smallest absolute Gasteiger partial charge is 0.154 e. The van der Waals surface area contributed by atoms with Gasteiger partial charge in [0.25, 0.3) is 0 Å². The van der Waals surface area contributed by atoms with E-state index in [1.165, 1.54) is 0 Å². The number of aryl methyl sites for hydroxylation is 1. The van der Waals surface area contributed by atoms with Crippen LogP contribution in [0.15, 0.2) is 5.38 Å². The van der Waals surface area contributed by atoms with Gasteiger partial charge in [-0.15, -0.1) is 11.3 Å². The second kappa shape index (κ2) is 5.04. The largest absolute Gasteiger partial charge is 0.308 e. The van der Waals surface area contributed by atoms with Gasteiger partial charge in [0.15, 0.2) is 9.84 Å². The van der Waals surface area contributed by atoms with E-state index in [9.17, 15) is 8.42 Å². The molecule has 1 aromatic rings. The summed E-state index contributed by atoms with van der Waals surface area (Å²) in [5.41, 5.74) is 1.00. The molecule has 1 aromatic heterocycles. The third-order valence-electron chi connectivity index (χ3n) is 3.19. The maximum absolute atomic E-state index is 11.7. The van der Waals surface area contributed by atoms with Crippen molar-refractivity contribution in [3.8, 4) is 0 Å². The van der Waals surface area contributed by atoms with E-state index >= 15 is 0 Å². The first-order valence-electron chi connectivity index (χ1n) is 5.86. The SMILES string of the molecule is Cc1nc(C(C)NCC2CCCS2(=O)=O)cs1. The van der Waals surface area contributed by atoms with Crippen LogP contribution in [0, 0.1) is 6.92 Å². The minimum atomic E-state index is -2.84. The van der Waals surface area contributed by atoms with E-state index < -0.39 is 9.84 Å². The van der Waals surface area contributed by atoms with E-state index in [0.29, 0.717) is 12.3 Å². The molecule has 0 amide bonds. The van der Waals surface area contributed by atoms with Crippen molar-refractivity contribution in [1.82, 2.24) is 10.3 Å². The second-order valence-corrected chi connectivity index (χ2v) is 8.02. The highest BCUT2D eigenvalue weighted by Gasteiger charge is 2.31. The topological polar surface area (TPSA) is 59.1 Å². The Morgan fingerprint density at radius 2 is 2.41 bits per heavy atom. The number of rotatable bonds is 4. The Kier molecular flexibility index (Phi) is 3.85. The molecule has 0 aromatic carbocycles. The molecule has 1 aliphatic rings. The summed E-state index contributed by atoms with van der Waals surface area (Å²) in [6, 6.07) is 0.121. The number of nitrogens with one attached hydrogen (secondary N) is 1. The van der Waals surface area contributed by atoms with Crippen LogP contribution in [0.25, 0.3) is 0 Å². The molecule has 17 heavy (non-hydrogen) atoms. The molecular formula is C11H18N2O2S2. The number of sulfone groups is 1. The molecule has 2 atom stereocenters. The van der Waals surface area contributed by atoms with Crippen molar-refractivity contribution in [3.63, 3.8) is 0 Å². The summed E-state index contributed by atoms with van der Waals surface area (Å²) < 4.78 is 23.3. The maximum Gasteiger partial charge on any atom is 0.154 e. The molecule has 1 saturated heterocycles. The van der Waals surface area contributed by atoms with Crippen molar-refractivity contribution < 1.29 is 8.42 Å². The quantitative estimate of drug-likeness (QED) is 0.907. The Labute approximate surface area is 106 Å². The minimum absolute atomic E-state index is 0.121. The van der Waals surface area contributed by atoms with Crippen LogP contribution >= 0.6 is 11.3 Å². The predicted molar refractivity (Wildman–Crippen MR) is 70.1 cm³/mol. The average Bonchev–Trinajstić information content (AvgIpc) is 2.81. The van der Waals surface area contributed by atoms with Crippen LogP contribution in [0.2, 0.25) is 0 Å². The molecule has 2 rings (SSSR count). The lowest BCUT2D eigenvalue weighted by molar-refractivity contribution is 0.532. The van der Waals surface area contributed by atoms with Gasteiger partial charge in [0.05, 0.1) is 21.7 Å². The molecule has 96 valence electrons. The Morgan fingerprint density at radius 3 is 2.94 bits per heavy atom. The number of aromatic nitrogens is 1. The molecule has 1 fully saturated rings. The lowest BCUT2D eigenvalue weighted by Crippen LogP contribution is -2.32. The van der Waals surface area contributed by atoms with Crippen LogP contribution in [-0.2, 0) is 9.84 Å². The third kappa shape index (κ3) is 3.05. The third-order valence-corrected chi connectivity index (χ3v) is 6.26. The number of nitrogens with zero attached hydrogens (tertiary/aromatic N) is 1. The molecule has 0 saturated carbocycles. The van der Waals surface area contributed by atoms with Crippen molar-refractivity contribution in [1.29, 1.82) is 0 Å². The Bertz CT molecular complexity index is 481. The van der Waals surface area contributed by atoms with Crippen molar-refractivity contribution in [2.24, 2.45) is 0 Å². The van der Waals surface area contributed by atoms with Gasteiger partial charge in [-0.05, 0) is 26.7 Å². The summed E-state index contributed by atoms with van der Waals surface area (Å²) in [4.78, 5) is 4.40. The highest BCUT2D eigenvalue weighted by atomic mass is 32.2. The molecule has 1 N–H and O–H groups in total. The number of hydrogen-bond donors (Lipinski definition) is 1. The van der Waals surface area contributed by atoms with Gasteiger partial charge in [0, 0.05) is 18.0 Å². The molecule has 4 nitrogen and oxygen atoms in total. The van der Waals surface area contributed by atoms with Gasteiger partial charge in [-0.2, -0.15) is 0 Å². The lowest BCUT2D eigenvalue weighted by Gasteiger charge is -2.15. The van der Waals surface area contributed by atoms with E-state index in [1.807, 2.05) is 19.2 Å². The summed E-state index contributed by atoms with van der Waals surface area (Å²) in [6.45, 7) is 4.54. The van der Waals surface area contributed by atoms with Crippen molar-refractivity contribution in [2.75, 3.05) is 12.3 Å². The fourth-order valence-corrected chi connectivity index (χ4v) is 4.56. The van der Waals surface area contributed by atoms with Crippen LogP contribution in [0.4, 0.5) is 0 Å². The van der Waals surface area contributed by atoms with Crippen LogP contribution < -0.4 is 5.32 Å². The Morgan fingerprint density at radius 1 is 1.65 bits per heavy atom. The molecule has 1 aliphatic heterocycles. The normalized spacial score (nSPS) is 24.9. The standard InChI is InChI=1S/C11H18N2O2S2/c1-8(11-7-16-9(2)13-11)12-6-10-4-3-5-17(10,14)15/h7-8,10,12H,3-6H2,1-2H3. The predicted octanol–water partition coefficient (Wildman–Crippen LogP) is 1.68. The van der Waals surface area contributed by atoms with Gasteiger partial charge in [-0.25, -0.2) is 13.4 Å². The highest BCUT2D eigenvalue weighted by Crippen LogP contribution is 2.21. The Hall–Kier alpha value is -0.460. The molecule has 2 unspecified atom stereocenters. The molecule has 2 heterocycles. The average molecular weight is 274 g/mol. The zero-order valence-electron chi connectivity index (χ0n) is 10.1. The summed E-state index contributed by atoms with van der Waals surface area (Å²) in [6.07, 6.45) is 1.59. The molecule has 0 bridgehead atoms. The number of thiazole rings is 1. The zero-order valence-corrected chi connectivity index (χ0v) is 11.8. The van der Waals surface area contributed by atoms with Crippen LogP contribution in [0.5, 0.6) is 0 Å². The minimum Gasteiger partial charge on any atom is -0.308 e. The molecule has 0 radical (unpaired) electrons. The monoisotopic (exact) mass is 274 g/mol. The van der Waals surface area contributed by atoms with Gasteiger partial charge < -0.3 is 5.32 Å². The summed E-state index contributed by atoms with van der Waals surface area (Å²) in [7, 11) is -2.84. The van der Waals surface area contributed by atoms with E-state index in [2.05, 4.69) is 10.3 Å². The highest BCUT2D eigenvalue weighted by molar-refractivity contribution is 7.92. The van der Waals surface area contributed by atoms with Gasteiger partial charge in [0.2, 0.25) is 0 Å². The van der Waals surface area contributed by atoms with E-state index in [1.54, 1.807) is 11.3 Å². The fourth-order valence-electron chi connectivity index (χ4n) is 2.08. The van der Waals surface area contributed by atoms with E-state index in [0.717, 1.165) is 23.5 Å². The summed E-state index contributed by atoms with van der Waals surface area (Å²) in [5.74, 6) is 0.351. The zero-order chi connectivity index (χ0) is 12.5. The van der Waals surface area contributed by atoms with Crippen molar-refractivity contribution >= 4 is 21.2 Å². The van der Waals surface area contributed by atoms with Gasteiger partial charge in [0.1, 0.15) is 0 Å². The van der Waals surface area contributed by atoms with E-state index in [4.69, 9.17) is 0 Å². The van der Waals surface area contributed by atoms with Gasteiger partial charge >= 0.3 is 0 Å². The molecule has 6 heteroatoms. The van der Waals surface area contributed by atoms with Crippen LogP contribution in [-0.4, -0.2) is 30.9 Å². The van der Waals surface area contributed by atoms with Crippen molar-refractivity contribution in [3.05, 3.63) is 16.1 Å². The summed E-state index contributed by atoms with van der Waals surface area (Å²) >= 11 is 1.62. The van der Waals surface area contributed by atoms with Crippen LogP contribution in [0.1, 0.15) is 36.5 Å². The molecular weight excluding hydrogens is 256 g/mol. The first-order valence-corrected chi connectivity index (χ1v) is 8.45. The van der Waals surface area contributed by atoms with E-state index in [-0.39, 0.29) is 11.3 Å². The van der Waals surface area contributed by atoms with Crippen LogP contribution in [0.3, 0.4) is 0 Å². The summed E-state index contributed by atoms with van der Waals surface area (Å²) in [5, 5.41) is 6.14. The molecule has 0 aliphatic carbocycles. The van der Waals surface area contributed by atoms with Gasteiger partial charge in [-0.1, -0.05) is 0 Å². The van der Waals surface area contributed by atoms with Crippen molar-refractivity contribution in [2.45, 2.75) is 38.0 Å². The van der Waals surface area contributed by atoms with Gasteiger partial charge in [-0.3, -0.25) is 0 Å². The maximum atomic E-state index is 11.7. The first kappa shape index (κ1) is 13.0. The second-order valence-electron chi connectivity index (χ2n) is 4.55. The Balaban J connectivity index is 1.90. The number of hydrogen-bond acceptors (Lipinski definition) is 5. The lowest BCUT2D eigenvalue weighted by atomic mass is 10.2. The fraction of sp³-hybridized carbons (Fsp3) is 0.727. The molecule has 0 spiro atoms.